The Morgan fingerprint density at radius 3 is 2.50 bits per heavy atom. The van der Waals surface area contributed by atoms with Crippen molar-refractivity contribution in [1.82, 2.24) is 0 Å². The Hall–Kier alpha value is -0.490. The molecule has 0 N–H and O–H groups in total. The van der Waals surface area contributed by atoms with Crippen LogP contribution < -0.4 is 0 Å². The van der Waals surface area contributed by atoms with Crippen LogP contribution in [-0.4, -0.2) is 5.38 Å². The highest BCUT2D eigenvalue weighted by atomic mass is 35.5. The van der Waals surface area contributed by atoms with E-state index in [0.29, 0.717) is 5.38 Å². The lowest BCUT2D eigenvalue weighted by Crippen LogP contribution is -1.87. The van der Waals surface area contributed by atoms with Crippen LogP contribution >= 0.6 is 11.6 Å². The molecule has 1 fully saturated rings. The predicted octanol–water partition coefficient (Wildman–Crippen LogP) is 3.25. The minimum absolute atomic E-state index is 0.480. The molecule has 0 radical (unpaired) electrons. The zero-order valence-corrected chi connectivity index (χ0v) is 7.80. The van der Waals surface area contributed by atoms with Crippen LogP contribution in [0.15, 0.2) is 30.3 Å². The maximum atomic E-state index is 5.92. The number of halogens is 1. The van der Waals surface area contributed by atoms with Gasteiger partial charge < -0.3 is 0 Å². The molecule has 1 heteroatoms. The summed E-state index contributed by atoms with van der Waals surface area (Å²) < 4.78 is 0. The SMILES string of the molecule is ClC1CC1CCc1ccccc1. The quantitative estimate of drug-likeness (QED) is 0.627. The van der Waals surface area contributed by atoms with Crippen LogP contribution in [0.1, 0.15) is 18.4 Å². The van der Waals surface area contributed by atoms with Gasteiger partial charge in [0.2, 0.25) is 0 Å². The van der Waals surface area contributed by atoms with E-state index in [1.165, 1.54) is 24.8 Å². The Kier molecular flexibility index (Phi) is 2.36. The third kappa shape index (κ3) is 2.01. The van der Waals surface area contributed by atoms with Crippen molar-refractivity contribution in [3.8, 4) is 0 Å². The minimum atomic E-state index is 0.480. The van der Waals surface area contributed by atoms with Crippen molar-refractivity contribution in [3.05, 3.63) is 35.9 Å². The third-order valence-corrected chi connectivity index (χ3v) is 3.02. The number of hydrogen-bond acceptors (Lipinski definition) is 0. The Morgan fingerprint density at radius 2 is 1.92 bits per heavy atom. The molecule has 2 atom stereocenters. The van der Waals surface area contributed by atoms with Crippen LogP contribution in [-0.2, 0) is 6.42 Å². The van der Waals surface area contributed by atoms with Crippen LogP contribution in [0, 0.1) is 5.92 Å². The van der Waals surface area contributed by atoms with Gasteiger partial charge in [-0.1, -0.05) is 30.3 Å². The Bertz CT molecular complexity index is 242. The van der Waals surface area contributed by atoms with E-state index >= 15 is 0 Å². The van der Waals surface area contributed by atoms with E-state index < -0.39 is 0 Å². The number of alkyl halides is 1. The van der Waals surface area contributed by atoms with Crippen molar-refractivity contribution in [3.63, 3.8) is 0 Å². The van der Waals surface area contributed by atoms with Crippen LogP contribution in [0.4, 0.5) is 0 Å². The van der Waals surface area contributed by atoms with E-state index in [0.717, 1.165) is 5.92 Å². The number of hydrogen-bond donors (Lipinski definition) is 0. The summed E-state index contributed by atoms with van der Waals surface area (Å²) in [6.45, 7) is 0. The van der Waals surface area contributed by atoms with Crippen molar-refractivity contribution in [2.75, 3.05) is 0 Å². The summed E-state index contributed by atoms with van der Waals surface area (Å²) in [5, 5.41) is 0.480. The molecule has 0 aromatic heterocycles. The molecule has 1 saturated carbocycles. The molecule has 1 aromatic carbocycles. The number of rotatable bonds is 3. The average Bonchev–Trinajstić information content (AvgIpc) is 2.81. The van der Waals surface area contributed by atoms with E-state index in [1.54, 1.807) is 0 Å². The fraction of sp³-hybridized carbons (Fsp3) is 0.455. The molecule has 12 heavy (non-hydrogen) atoms. The Morgan fingerprint density at radius 1 is 1.25 bits per heavy atom. The van der Waals surface area contributed by atoms with Crippen molar-refractivity contribution < 1.29 is 0 Å². The summed E-state index contributed by atoms with van der Waals surface area (Å²) in [6.07, 6.45) is 3.68. The smallest absolute Gasteiger partial charge is 0.0368 e. The fourth-order valence-corrected chi connectivity index (χ4v) is 1.86. The van der Waals surface area contributed by atoms with Crippen LogP contribution in [0.3, 0.4) is 0 Å². The molecular weight excluding hydrogens is 168 g/mol. The van der Waals surface area contributed by atoms with Crippen LogP contribution in [0.25, 0.3) is 0 Å². The van der Waals surface area contributed by atoms with Gasteiger partial charge in [0.1, 0.15) is 0 Å². The highest BCUT2D eigenvalue weighted by Crippen LogP contribution is 2.39. The van der Waals surface area contributed by atoms with Gasteiger partial charge in [0.25, 0.3) is 0 Å². The topological polar surface area (TPSA) is 0 Å². The summed E-state index contributed by atoms with van der Waals surface area (Å²) in [6, 6.07) is 10.6. The Labute approximate surface area is 78.6 Å². The van der Waals surface area contributed by atoms with Gasteiger partial charge in [-0.3, -0.25) is 0 Å². The molecule has 0 aliphatic heterocycles. The molecule has 0 spiro atoms. The fourth-order valence-electron chi connectivity index (χ4n) is 1.51. The summed E-state index contributed by atoms with van der Waals surface area (Å²) in [5.74, 6) is 0.798. The van der Waals surface area contributed by atoms with Gasteiger partial charge in [0.05, 0.1) is 0 Å². The summed E-state index contributed by atoms with van der Waals surface area (Å²) in [7, 11) is 0. The first-order valence-electron chi connectivity index (χ1n) is 4.54. The summed E-state index contributed by atoms with van der Waals surface area (Å²) in [5.41, 5.74) is 1.44. The summed E-state index contributed by atoms with van der Waals surface area (Å²) in [4.78, 5) is 0. The average molecular weight is 181 g/mol. The van der Waals surface area contributed by atoms with Gasteiger partial charge in [-0.2, -0.15) is 0 Å². The van der Waals surface area contributed by atoms with Crippen LogP contribution in [0.5, 0.6) is 0 Å². The maximum Gasteiger partial charge on any atom is 0.0368 e. The van der Waals surface area contributed by atoms with E-state index in [-0.39, 0.29) is 0 Å². The lowest BCUT2D eigenvalue weighted by Gasteiger charge is -1.98. The molecule has 0 bridgehead atoms. The number of benzene rings is 1. The van der Waals surface area contributed by atoms with Crippen molar-refractivity contribution in [1.29, 1.82) is 0 Å². The standard InChI is InChI=1S/C11H13Cl/c12-11-8-10(11)7-6-9-4-2-1-3-5-9/h1-5,10-11H,6-8H2. The molecule has 2 rings (SSSR count). The molecule has 2 unspecified atom stereocenters. The first-order chi connectivity index (χ1) is 5.86. The van der Waals surface area contributed by atoms with Crippen LogP contribution in [0.2, 0.25) is 0 Å². The van der Waals surface area contributed by atoms with Gasteiger partial charge in [0.15, 0.2) is 0 Å². The lowest BCUT2D eigenvalue weighted by molar-refractivity contribution is 0.728. The molecule has 64 valence electrons. The second-order valence-electron chi connectivity index (χ2n) is 3.54. The molecule has 0 heterocycles. The van der Waals surface area contributed by atoms with E-state index in [4.69, 9.17) is 11.6 Å². The Balaban J connectivity index is 1.80. The zero-order valence-electron chi connectivity index (χ0n) is 7.04. The van der Waals surface area contributed by atoms with Gasteiger partial charge >= 0.3 is 0 Å². The predicted molar refractivity (Wildman–Crippen MR) is 52.5 cm³/mol. The second kappa shape index (κ2) is 3.49. The van der Waals surface area contributed by atoms with E-state index in [1.807, 2.05) is 0 Å². The normalized spacial score (nSPS) is 27.1. The van der Waals surface area contributed by atoms with Crippen molar-refractivity contribution >= 4 is 11.6 Å². The van der Waals surface area contributed by atoms with Gasteiger partial charge in [-0.15, -0.1) is 11.6 Å². The lowest BCUT2D eigenvalue weighted by atomic mass is 10.1. The molecule has 1 aliphatic carbocycles. The number of aryl methyl sites for hydroxylation is 1. The maximum absolute atomic E-state index is 5.92. The molecule has 1 aromatic rings. The van der Waals surface area contributed by atoms with E-state index in [9.17, 15) is 0 Å². The van der Waals surface area contributed by atoms with Gasteiger partial charge in [0, 0.05) is 5.38 Å². The van der Waals surface area contributed by atoms with E-state index in [2.05, 4.69) is 30.3 Å². The third-order valence-electron chi connectivity index (χ3n) is 2.48. The molecule has 1 aliphatic rings. The van der Waals surface area contributed by atoms with Gasteiger partial charge in [-0.25, -0.2) is 0 Å². The van der Waals surface area contributed by atoms with Gasteiger partial charge in [-0.05, 0) is 30.7 Å². The molecule has 0 saturated heterocycles. The first kappa shape index (κ1) is 8.12. The zero-order chi connectivity index (χ0) is 8.39. The monoisotopic (exact) mass is 180 g/mol. The van der Waals surface area contributed by atoms with Crippen molar-refractivity contribution in [2.45, 2.75) is 24.6 Å². The molecule has 0 nitrogen and oxygen atoms in total. The second-order valence-corrected chi connectivity index (χ2v) is 4.10. The largest absolute Gasteiger partial charge is 0.123 e. The van der Waals surface area contributed by atoms with Crippen molar-refractivity contribution in [2.24, 2.45) is 5.92 Å². The highest BCUT2D eigenvalue weighted by Gasteiger charge is 2.34. The summed E-state index contributed by atoms with van der Waals surface area (Å²) >= 11 is 5.92. The first-order valence-corrected chi connectivity index (χ1v) is 4.98. The molecule has 0 amide bonds. The highest BCUT2D eigenvalue weighted by molar-refractivity contribution is 6.22. The molecular formula is C11H13Cl. The minimum Gasteiger partial charge on any atom is -0.123 e.